The maximum atomic E-state index is 13.6. The molecule has 4 rings (SSSR count). The van der Waals surface area contributed by atoms with Gasteiger partial charge in [-0.05, 0) is 88.4 Å². The van der Waals surface area contributed by atoms with Crippen molar-refractivity contribution in [3.63, 3.8) is 0 Å². The summed E-state index contributed by atoms with van der Waals surface area (Å²) >= 11 is 3.51. The van der Waals surface area contributed by atoms with Gasteiger partial charge < -0.3 is 9.30 Å². The largest absolute Gasteiger partial charge is 0.494 e. The molecule has 0 saturated carbocycles. The summed E-state index contributed by atoms with van der Waals surface area (Å²) in [4.78, 5) is 13.0. The van der Waals surface area contributed by atoms with Crippen LogP contribution in [0.25, 0.3) is 5.69 Å². The van der Waals surface area contributed by atoms with Crippen LogP contribution in [-0.2, 0) is 14.8 Å². The minimum Gasteiger partial charge on any atom is -0.494 e. The Morgan fingerprint density at radius 2 is 1.73 bits per heavy atom. The van der Waals surface area contributed by atoms with E-state index < -0.39 is 22.5 Å². The van der Waals surface area contributed by atoms with Crippen molar-refractivity contribution in [1.82, 2.24) is 9.99 Å². The Hall–Kier alpha value is -3.89. The van der Waals surface area contributed by atoms with Crippen LogP contribution in [0.5, 0.6) is 5.75 Å². The van der Waals surface area contributed by atoms with E-state index in [0.29, 0.717) is 18.0 Å². The zero-order valence-corrected chi connectivity index (χ0v) is 25.2. The standard InChI is InChI=1S/C30H31BrN4O4S/c1-5-39-28-13-15-29(16-14-28)40(37,38)34(26-11-9-21(2)10-12-26)20-30(36)33-32-19-24-17-22(3)35(23(24)4)27-8-6-7-25(31)18-27/h6-19H,5,20H2,1-4H3,(H,33,36)/b32-19-. The van der Waals surface area contributed by atoms with Crippen LogP contribution in [0, 0.1) is 20.8 Å². The number of rotatable bonds is 10. The van der Waals surface area contributed by atoms with Crippen molar-refractivity contribution in [3.05, 3.63) is 106 Å². The minimum atomic E-state index is -4.06. The summed E-state index contributed by atoms with van der Waals surface area (Å²) in [5.74, 6) is -0.0122. The highest BCUT2D eigenvalue weighted by Crippen LogP contribution is 2.26. The van der Waals surface area contributed by atoms with E-state index in [1.807, 2.05) is 58.0 Å². The number of hydrogen-bond acceptors (Lipinski definition) is 5. The number of amides is 1. The van der Waals surface area contributed by atoms with Crippen molar-refractivity contribution in [2.45, 2.75) is 32.6 Å². The molecule has 0 saturated heterocycles. The second kappa shape index (κ2) is 12.5. The number of carbonyl (C=O) groups is 1. The first kappa shape index (κ1) is 29.1. The fourth-order valence-corrected chi connectivity index (χ4v) is 6.11. The first-order chi connectivity index (χ1) is 19.1. The summed E-state index contributed by atoms with van der Waals surface area (Å²) in [5.41, 5.74) is 7.62. The van der Waals surface area contributed by atoms with E-state index in [2.05, 4.69) is 31.0 Å². The number of anilines is 1. The van der Waals surface area contributed by atoms with E-state index in [1.54, 1.807) is 42.6 Å². The number of benzene rings is 3. The molecule has 1 amide bonds. The number of ether oxygens (including phenoxy) is 1. The van der Waals surface area contributed by atoms with E-state index in [4.69, 9.17) is 4.74 Å². The Bertz CT molecular complexity index is 1630. The molecule has 0 atom stereocenters. The number of nitrogens with one attached hydrogen (secondary N) is 1. The Balaban J connectivity index is 1.54. The van der Waals surface area contributed by atoms with E-state index in [-0.39, 0.29) is 4.90 Å². The lowest BCUT2D eigenvalue weighted by Gasteiger charge is -2.24. The molecule has 4 aromatic rings. The topological polar surface area (TPSA) is 93.0 Å². The van der Waals surface area contributed by atoms with Gasteiger partial charge in [-0.15, -0.1) is 0 Å². The Morgan fingerprint density at radius 1 is 1.02 bits per heavy atom. The van der Waals surface area contributed by atoms with Crippen molar-refractivity contribution in [1.29, 1.82) is 0 Å². The van der Waals surface area contributed by atoms with E-state index in [0.717, 1.165) is 37.0 Å². The number of aromatic nitrogens is 1. The van der Waals surface area contributed by atoms with Crippen LogP contribution >= 0.6 is 15.9 Å². The summed E-state index contributed by atoms with van der Waals surface area (Å²) < 4.78 is 36.8. The monoisotopic (exact) mass is 622 g/mol. The van der Waals surface area contributed by atoms with Gasteiger partial charge in [-0.2, -0.15) is 5.10 Å². The number of halogens is 1. The SMILES string of the molecule is CCOc1ccc(S(=O)(=O)N(CC(=O)N/N=C\c2cc(C)n(-c3cccc(Br)c3)c2C)c2ccc(C)cc2)cc1. The lowest BCUT2D eigenvalue weighted by Crippen LogP contribution is -2.39. The number of carbonyl (C=O) groups excluding carboxylic acids is 1. The molecule has 40 heavy (non-hydrogen) atoms. The lowest BCUT2D eigenvalue weighted by atomic mass is 10.2. The third-order valence-corrected chi connectivity index (χ3v) is 8.54. The third-order valence-electron chi connectivity index (χ3n) is 6.26. The molecule has 0 spiro atoms. The maximum Gasteiger partial charge on any atom is 0.264 e. The number of hydrazone groups is 1. The molecule has 0 aliphatic heterocycles. The Labute approximate surface area is 243 Å². The molecule has 0 unspecified atom stereocenters. The highest BCUT2D eigenvalue weighted by Gasteiger charge is 2.27. The van der Waals surface area contributed by atoms with Crippen LogP contribution in [0.4, 0.5) is 5.69 Å². The number of nitrogens with zero attached hydrogens (tertiary/aromatic N) is 3. The zero-order valence-electron chi connectivity index (χ0n) is 22.8. The van der Waals surface area contributed by atoms with Gasteiger partial charge in [-0.3, -0.25) is 9.10 Å². The molecule has 0 bridgehead atoms. The molecule has 208 valence electrons. The van der Waals surface area contributed by atoms with E-state index in [9.17, 15) is 13.2 Å². The minimum absolute atomic E-state index is 0.0489. The number of sulfonamides is 1. The van der Waals surface area contributed by atoms with Gasteiger partial charge in [0.1, 0.15) is 12.3 Å². The van der Waals surface area contributed by atoms with Crippen LogP contribution in [0.1, 0.15) is 29.4 Å². The average Bonchev–Trinajstić information content (AvgIpc) is 3.21. The first-order valence-electron chi connectivity index (χ1n) is 12.7. The van der Waals surface area contributed by atoms with Crippen LogP contribution < -0.4 is 14.5 Å². The van der Waals surface area contributed by atoms with Crippen LogP contribution in [0.2, 0.25) is 0 Å². The molecular formula is C30H31BrN4O4S. The highest BCUT2D eigenvalue weighted by atomic mass is 79.9. The van der Waals surface area contributed by atoms with Crippen LogP contribution in [-0.4, -0.2) is 38.3 Å². The van der Waals surface area contributed by atoms with Crippen molar-refractivity contribution in [3.8, 4) is 11.4 Å². The average molecular weight is 624 g/mol. The van der Waals surface area contributed by atoms with Gasteiger partial charge in [0.25, 0.3) is 15.9 Å². The molecule has 1 heterocycles. The zero-order chi connectivity index (χ0) is 28.9. The molecule has 0 aliphatic carbocycles. The van der Waals surface area contributed by atoms with Gasteiger partial charge in [0.15, 0.2) is 0 Å². The predicted molar refractivity (Wildman–Crippen MR) is 162 cm³/mol. The fourth-order valence-electron chi connectivity index (χ4n) is 4.30. The van der Waals surface area contributed by atoms with E-state index in [1.165, 1.54) is 12.1 Å². The molecule has 0 fully saturated rings. The van der Waals surface area contributed by atoms with E-state index >= 15 is 0 Å². The van der Waals surface area contributed by atoms with Crippen molar-refractivity contribution in [2.75, 3.05) is 17.5 Å². The van der Waals surface area contributed by atoms with Gasteiger partial charge in [0.05, 0.1) is 23.4 Å². The predicted octanol–water partition coefficient (Wildman–Crippen LogP) is 5.91. The molecule has 1 aromatic heterocycles. The molecular weight excluding hydrogens is 592 g/mol. The highest BCUT2D eigenvalue weighted by molar-refractivity contribution is 9.10. The molecule has 10 heteroatoms. The summed E-state index contributed by atoms with van der Waals surface area (Å²) in [6.45, 7) is 7.74. The van der Waals surface area contributed by atoms with Crippen molar-refractivity contribution < 1.29 is 17.9 Å². The van der Waals surface area contributed by atoms with Gasteiger partial charge >= 0.3 is 0 Å². The van der Waals surface area contributed by atoms with Crippen molar-refractivity contribution in [2.24, 2.45) is 5.10 Å². The fraction of sp³-hybridized carbons (Fsp3) is 0.200. The number of hydrogen-bond donors (Lipinski definition) is 1. The van der Waals surface area contributed by atoms with Gasteiger partial charge in [0.2, 0.25) is 0 Å². The van der Waals surface area contributed by atoms with Gasteiger partial charge in [-0.1, -0.05) is 39.7 Å². The normalized spacial score (nSPS) is 11.5. The summed E-state index contributed by atoms with van der Waals surface area (Å²) in [6.07, 6.45) is 1.56. The van der Waals surface area contributed by atoms with Crippen LogP contribution in [0.15, 0.2) is 93.3 Å². The number of aryl methyl sites for hydroxylation is 2. The maximum absolute atomic E-state index is 13.6. The molecule has 0 radical (unpaired) electrons. The Morgan fingerprint density at radius 3 is 2.38 bits per heavy atom. The van der Waals surface area contributed by atoms with Crippen LogP contribution in [0.3, 0.4) is 0 Å². The Kier molecular flexibility index (Phi) is 9.11. The lowest BCUT2D eigenvalue weighted by molar-refractivity contribution is -0.119. The molecule has 0 aliphatic rings. The summed E-state index contributed by atoms with van der Waals surface area (Å²) in [7, 11) is -4.06. The second-order valence-corrected chi connectivity index (χ2v) is 12.0. The summed E-state index contributed by atoms with van der Waals surface area (Å²) in [6, 6.07) is 23.0. The first-order valence-corrected chi connectivity index (χ1v) is 14.9. The molecule has 3 aromatic carbocycles. The smallest absolute Gasteiger partial charge is 0.264 e. The summed E-state index contributed by atoms with van der Waals surface area (Å²) in [5, 5.41) is 4.13. The van der Waals surface area contributed by atoms with Crippen molar-refractivity contribution >= 4 is 43.8 Å². The third kappa shape index (κ3) is 6.63. The second-order valence-electron chi connectivity index (χ2n) is 9.19. The molecule has 8 nitrogen and oxygen atoms in total. The van der Waals surface area contributed by atoms with Gasteiger partial charge in [0, 0.05) is 27.1 Å². The molecule has 1 N–H and O–H groups in total. The quantitative estimate of drug-likeness (QED) is 0.176. The van der Waals surface area contributed by atoms with Gasteiger partial charge in [-0.25, -0.2) is 13.8 Å².